The van der Waals surface area contributed by atoms with E-state index in [1.807, 2.05) is 12.1 Å². The van der Waals surface area contributed by atoms with Crippen molar-refractivity contribution in [2.45, 2.75) is 13.0 Å². The molecule has 0 amide bonds. The highest BCUT2D eigenvalue weighted by molar-refractivity contribution is 7.71. The number of aromatic amines is 1. The SMILES string of the molecule is O=C(O)c1cc(N2CCc3ccccc3C2)n[nH]c1=S. The molecule has 2 aromatic rings. The first-order chi connectivity index (χ1) is 9.65. The van der Waals surface area contributed by atoms with E-state index in [9.17, 15) is 4.79 Å². The number of aromatic carboxylic acids is 1. The van der Waals surface area contributed by atoms with E-state index in [0.717, 1.165) is 19.5 Å². The number of carboxylic acids is 1. The molecule has 20 heavy (non-hydrogen) atoms. The fraction of sp³-hybridized carbons (Fsp3) is 0.214. The summed E-state index contributed by atoms with van der Waals surface area (Å²) in [5.74, 6) is -0.419. The first-order valence-electron chi connectivity index (χ1n) is 6.30. The van der Waals surface area contributed by atoms with Gasteiger partial charge < -0.3 is 10.0 Å². The van der Waals surface area contributed by atoms with Crippen LogP contribution in [-0.4, -0.2) is 27.8 Å². The number of fused-ring (bicyclic) bond motifs is 1. The maximum absolute atomic E-state index is 11.1. The van der Waals surface area contributed by atoms with E-state index in [1.165, 1.54) is 17.2 Å². The number of benzene rings is 1. The molecule has 0 atom stereocenters. The van der Waals surface area contributed by atoms with Crippen molar-refractivity contribution >= 4 is 24.0 Å². The van der Waals surface area contributed by atoms with E-state index in [0.29, 0.717) is 5.82 Å². The van der Waals surface area contributed by atoms with Crippen molar-refractivity contribution in [3.05, 3.63) is 51.7 Å². The first-order valence-corrected chi connectivity index (χ1v) is 6.71. The molecular formula is C14H13N3O2S. The van der Waals surface area contributed by atoms with Crippen LogP contribution < -0.4 is 4.90 Å². The number of hydrogen-bond donors (Lipinski definition) is 2. The van der Waals surface area contributed by atoms with Gasteiger partial charge in [0.1, 0.15) is 10.5 Å². The summed E-state index contributed by atoms with van der Waals surface area (Å²) in [5, 5.41) is 15.9. The second kappa shape index (κ2) is 5.05. The largest absolute Gasteiger partial charge is 0.478 e. The predicted octanol–water partition coefficient (Wildman–Crippen LogP) is 2.40. The quantitative estimate of drug-likeness (QED) is 0.830. The summed E-state index contributed by atoms with van der Waals surface area (Å²) in [5.41, 5.74) is 2.68. The summed E-state index contributed by atoms with van der Waals surface area (Å²) in [4.78, 5) is 13.2. The summed E-state index contributed by atoms with van der Waals surface area (Å²) in [6.45, 7) is 1.54. The Morgan fingerprint density at radius 1 is 1.35 bits per heavy atom. The minimum Gasteiger partial charge on any atom is -0.478 e. The molecule has 0 bridgehead atoms. The van der Waals surface area contributed by atoms with Gasteiger partial charge in [0.2, 0.25) is 0 Å². The highest BCUT2D eigenvalue weighted by Gasteiger charge is 2.18. The molecule has 3 rings (SSSR count). The van der Waals surface area contributed by atoms with Gasteiger partial charge in [-0.15, -0.1) is 0 Å². The van der Waals surface area contributed by atoms with Crippen molar-refractivity contribution < 1.29 is 9.90 Å². The lowest BCUT2D eigenvalue weighted by atomic mass is 10.00. The molecule has 0 aliphatic carbocycles. The van der Waals surface area contributed by atoms with Crippen molar-refractivity contribution in [2.24, 2.45) is 0 Å². The van der Waals surface area contributed by atoms with Gasteiger partial charge in [-0.25, -0.2) is 4.79 Å². The third kappa shape index (κ3) is 2.30. The fourth-order valence-electron chi connectivity index (χ4n) is 2.41. The van der Waals surface area contributed by atoms with Gasteiger partial charge in [0.25, 0.3) is 0 Å². The van der Waals surface area contributed by atoms with Crippen molar-refractivity contribution in [2.75, 3.05) is 11.4 Å². The molecule has 0 fully saturated rings. The molecule has 1 aliphatic heterocycles. The zero-order valence-electron chi connectivity index (χ0n) is 10.7. The number of rotatable bonds is 2. The van der Waals surface area contributed by atoms with Crippen LogP contribution in [0.5, 0.6) is 0 Å². The number of anilines is 1. The number of nitrogens with one attached hydrogen (secondary N) is 1. The van der Waals surface area contributed by atoms with Crippen LogP contribution in [0.2, 0.25) is 0 Å². The van der Waals surface area contributed by atoms with Crippen LogP contribution in [-0.2, 0) is 13.0 Å². The van der Waals surface area contributed by atoms with Gasteiger partial charge in [0.05, 0.1) is 5.56 Å². The van der Waals surface area contributed by atoms with Gasteiger partial charge in [-0.05, 0) is 23.6 Å². The second-order valence-electron chi connectivity index (χ2n) is 4.71. The topological polar surface area (TPSA) is 69.2 Å². The standard InChI is InChI=1S/C14H13N3O2S/c18-14(19)11-7-12(15-16-13(11)20)17-6-5-9-3-1-2-4-10(9)8-17/h1-4,7H,5-6,8H2,(H,16,20)(H,18,19). The van der Waals surface area contributed by atoms with Crippen LogP contribution in [0.1, 0.15) is 21.5 Å². The normalized spacial score (nSPS) is 13.9. The van der Waals surface area contributed by atoms with Gasteiger partial charge in [-0.3, -0.25) is 5.10 Å². The molecule has 6 heteroatoms. The molecule has 1 aliphatic rings. The summed E-state index contributed by atoms with van der Waals surface area (Å²) in [7, 11) is 0. The number of carboxylic acid groups (broad SMARTS) is 1. The van der Waals surface area contributed by atoms with E-state index in [-0.39, 0.29) is 10.2 Å². The minimum absolute atomic E-state index is 0.0869. The monoisotopic (exact) mass is 287 g/mol. The Kier molecular flexibility index (Phi) is 3.23. The van der Waals surface area contributed by atoms with E-state index in [2.05, 4.69) is 27.2 Å². The van der Waals surface area contributed by atoms with E-state index in [1.54, 1.807) is 0 Å². The van der Waals surface area contributed by atoms with Crippen LogP contribution in [0.15, 0.2) is 30.3 Å². The lowest BCUT2D eigenvalue weighted by Crippen LogP contribution is -2.31. The average Bonchev–Trinajstić information content (AvgIpc) is 2.47. The van der Waals surface area contributed by atoms with E-state index < -0.39 is 5.97 Å². The molecule has 5 nitrogen and oxygen atoms in total. The summed E-state index contributed by atoms with van der Waals surface area (Å²) >= 11 is 4.93. The third-order valence-corrected chi connectivity index (χ3v) is 3.79. The summed E-state index contributed by atoms with van der Waals surface area (Å²) in [6, 6.07) is 9.80. The molecule has 1 aromatic heterocycles. The highest BCUT2D eigenvalue weighted by Crippen LogP contribution is 2.23. The lowest BCUT2D eigenvalue weighted by molar-refractivity contribution is 0.0695. The Morgan fingerprint density at radius 3 is 2.85 bits per heavy atom. The Morgan fingerprint density at radius 2 is 2.10 bits per heavy atom. The van der Waals surface area contributed by atoms with Gasteiger partial charge in [0, 0.05) is 13.1 Å². The fourth-order valence-corrected chi connectivity index (χ4v) is 2.60. The van der Waals surface area contributed by atoms with Crippen LogP contribution >= 0.6 is 12.2 Å². The molecule has 102 valence electrons. The van der Waals surface area contributed by atoms with Crippen molar-refractivity contribution in [3.8, 4) is 0 Å². The van der Waals surface area contributed by atoms with Gasteiger partial charge in [-0.2, -0.15) is 5.10 Å². The van der Waals surface area contributed by atoms with Gasteiger partial charge in [0.15, 0.2) is 0 Å². The third-order valence-electron chi connectivity index (χ3n) is 3.48. The van der Waals surface area contributed by atoms with Gasteiger partial charge in [-0.1, -0.05) is 36.5 Å². The summed E-state index contributed by atoms with van der Waals surface area (Å²) in [6.07, 6.45) is 0.926. The van der Waals surface area contributed by atoms with Crippen LogP contribution in [0.25, 0.3) is 0 Å². The molecule has 0 spiro atoms. The Labute approximate surface area is 120 Å². The number of hydrogen-bond acceptors (Lipinski definition) is 4. The van der Waals surface area contributed by atoms with E-state index in [4.69, 9.17) is 17.3 Å². The molecule has 2 heterocycles. The molecular weight excluding hydrogens is 274 g/mol. The number of H-pyrrole nitrogens is 1. The Balaban J connectivity index is 1.94. The van der Waals surface area contributed by atoms with Crippen molar-refractivity contribution in [3.63, 3.8) is 0 Å². The maximum atomic E-state index is 11.1. The lowest BCUT2D eigenvalue weighted by Gasteiger charge is -2.29. The zero-order chi connectivity index (χ0) is 14.1. The number of nitrogens with zero attached hydrogens (tertiary/aromatic N) is 2. The predicted molar refractivity (Wildman–Crippen MR) is 77.6 cm³/mol. The highest BCUT2D eigenvalue weighted by atomic mass is 32.1. The maximum Gasteiger partial charge on any atom is 0.338 e. The molecule has 2 N–H and O–H groups in total. The Hall–Kier alpha value is -2.21. The molecule has 0 saturated carbocycles. The number of carbonyl (C=O) groups is 1. The minimum atomic E-state index is -1.03. The molecule has 0 unspecified atom stereocenters. The number of aromatic nitrogens is 2. The van der Waals surface area contributed by atoms with Gasteiger partial charge >= 0.3 is 5.97 Å². The zero-order valence-corrected chi connectivity index (χ0v) is 11.5. The molecule has 0 radical (unpaired) electrons. The van der Waals surface area contributed by atoms with Crippen molar-refractivity contribution in [1.82, 2.24) is 10.2 Å². The Bertz CT molecular complexity index is 726. The van der Waals surface area contributed by atoms with Crippen molar-refractivity contribution in [1.29, 1.82) is 0 Å². The van der Waals surface area contributed by atoms with Crippen LogP contribution in [0.3, 0.4) is 0 Å². The first kappa shape index (κ1) is 12.8. The molecule has 0 saturated heterocycles. The summed E-state index contributed by atoms with van der Waals surface area (Å²) < 4.78 is 0.152. The molecule has 1 aromatic carbocycles. The average molecular weight is 287 g/mol. The second-order valence-corrected chi connectivity index (χ2v) is 5.12. The van der Waals surface area contributed by atoms with Crippen LogP contribution in [0.4, 0.5) is 5.82 Å². The van der Waals surface area contributed by atoms with E-state index >= 15 is 0 Å². The smallest absolute Gasteiger partial charge is 0.338 e. The van der Waals surface area contributed by atoms with Crippen LogP contribution in [0, 0.1) is 4.64 Å².